The maximum Gasteiger partial charge on any atom is 0.422 e. The summed E-state index contributed by atoms with van der Waals surface area (Å²) in [5.74, 6) is -0.340. The van der Waals surface area contributed by atoms with Crippen LogP contribution >= 0.6 is 0 Å². The summed E-state index contributed by atoms with van der Waals surface area (Å²) in [4.78, 5) is 11.0. The zero-order valence-electron chi connectivity index (χ0n) is 9.67. The van der Waals surface area contributed by atoms with Crippen LogP contribution in [-0.4, -0.2) is 37.7 Å². The summed E-state index contributed by atoms with van der Waals surface area (Å²) in [6.45, 7) is 4.47. The maximum absolute atomic E-state index is 11.3. The van der Waals surface area contributed by atoms with E-state index in [1.165, 1.54) is 6.92 Å². The SMILES string of the molecule is CC(C)OC(=O)NS(=O)(=O)NC(C)C(N)=NO. The van der Waals surface area contributed by atoms with Gasteiger partial charge in [-0.3, -0.25) is 0 Å². The van der Waals surface area contributed by atoms with Gasteiger partial charge in [0, 0.05) is 0 Å². The summed E-state index contributed by atoms with van der Waals surface area (Å²) < 4.78 is 30.8. The number of amidine groups is 1. The molecule has 100 valence electrons. The molecule has 0 aliphatic rings. The van der Waals surface area contributed by atoms with Crippen molar-refractivity contribution in [1.82, 2.24) is 9.44 Å². The minimum atomic E-state index is -4.13. The van der Waals surface area contributed by atoms with Gasteiger partial charge < -0.3 is 15.7 Å². The van der Waals surface area contributed by atoms with Crippen molar-refractivity contribution in [1.29, 1.82) is 0 Å². The van der Waals surface area contributed by atoms with Gasteiger partial charge in [-0.1, -0.05) is 5.16 Å². The second-order valence-electron chi connectivity index (χ2n) is 3.42. The van der Waals surface area contributed by atoms with Gasteiger partial charge in [0.25, 0.3) is 0 Å². The van der Waals surface area contributed by atoms with E-state index in [9.17, 15) is 13.2 Å². The minimum Gasteiger partial charge on any atom is -0.446 e. The zero-order valence-corrected chi connectivity index (χ0v) is 10.5. The monoisotopic (exact) mass is 268 g/mol. The summed E-state index contributed by atoms with van der Waals surface area (Å²) in [7, 11) is -4.13. The van der Waals surface area contributed by atoms with Crippen LogP contribution in [0.2, 0.25) is 0 Å². The van der Waals surface area contributed by atoms with Crippen LogP contribution in [-0.2, 0) is 14.9 Å². The molecule has 1 amide bonds. The standard InChI is InChI=1S/C7H16N4O5S/c1-4(2)16-7(12)11-17(14,15)10-5(3)6(8)9-13/h4-5,10,13H,1-3H3,(H2,8,9)(H,11,12). The first-order chi connectivity index (χ1) is 7.68. The van der Waals surface area contributed by atoms with Crippen LogP contribution in [0.25, 0.3) is 0 Å². The average Bonchev–Trinajstić information content (AvgIpc) is 2.12. The Morgan fingerprint density at radius 1 is 1.41 bits per heavy atom. The van der Waals surface area contributed by atoms with Crippen molar-refractivity contribution in [2.45, 2.75) is 32.9 Å². The number of carbonyl (C=O) groups is 1. The molecule has 5 N–H and O–H groups in total. The third-order valence-corrected chi connectivity index (χ3v) is 2.55. The highest BCUT2D eigenvalue weighted by Gasteiger charge is 2.20. The number of nitrogens with one attached hydrogen (secondary N) is 2. The highest BCUT2D eigenvalue weighted by molar-refractivity contribution is 7.88. The number of rotatable bonds is 5. The number of ether oxygens (including phenoxy) is 1. The lowest BCUT2D eigenvalue weighted by Gasteiger charge is -2.14. The molecule has 0 spiro atoms. The molecule has 0 fully saturated rings. The average molecular weight is 268 g/mol. The van der Waals surface area contributed by atoms with Crippen molar-refractivity contribution < 1.29 is 23.2 Å². The Bertz CT molecular complexity index is 391. The number of hydrogen-bond acceptors (Lipinski definition) is 6. The molecule has 0 aromatic rings. The van der Waals surface area contributed by atoms with Crippen molar-refractivity contribution in [3.05, 3.63) is 0 Å². The molecule has 1 atom stereocenters. The fraction of sp³-hybridized carbons (Fsp3) is 0.714. The van der Waals surface area contributed by atoms with E-state index < -0.39 is 28.4 Å². The smallest absolute Gasteiger partial charge is 0.422 e. The van der Waals surface area contributed by atoms with Gasteiger partial charge in [-0.15, -0.1) is 0 Å². The molecule has 17 heavy (non-hydrogen) atoms. The summed E-state index contributed by atoms with van der Waals surface area (Å²) in [5, 5.41) is 10.9. The highest BCUT2D eigenvalue weighted by atomic mass is 32.2. The molecule has 0 aromatic heterocycles. The van der Waals surface area contributed by atoms with E-state index in [-0.39, 0.29) is 5.84 Å². The molecule has 0 saturated carbocycles. The van der Waals surface area contributed by atoms with Gasteiger partial charge in [0.05, 0.1) is 12.1 Å². The Labute approximate surface area is 99.2 Å². The fourth-order valence-corrected chi connectivity index (χ4v) is 1.67. The van der Waals surface area contributed by atoms with Gasteiger partial charge in [0.1, 0.15) is 0 Å². The van der Waals surface area contributed by atoms with Crippen molar-refractivity contribution in [3.63, 3.8) is 0 Å². The molecule has 0 aliphatic carbocycles. The van der Waals surface area contributed by atoms with E-state index in [0.717, 1.165) is 0 Å². The molecule has 0 saturated heterocycles. The molecule has 0 bridgehead atoms. The zero-order chi connectivity index (χ0) is 13.6. The molecule has 1 unspecified atom stereocenters. The molecular weight excluding hydrogens is 252 g/mol. The van der Waals surface area contributed by atoms with E-state index >= 15 is 0 Å². The second-order valence-corrected chi connectivity index (χ2v) is 4.87. The Morgan fingerprint density at radius 2 is 1.94 bits per heavy atom. The number of hydrogen-bond donors (Lipinski definition) is 4. The van der Waals surface area contributed by atoms with Crippen LogP contribution in [0.4, 0.5) is 4.79 Å². The van der Waals surface area contributed by atoms with E-state index in [1.807, 2.05) is 4.72 Å². The highest BCUT2D eigenvalue weighted by Crippen LogP contribution is 1.91. The lowest BCUT2D eigenvalue weighted by Crippen LogP contribution is -2.49. The van der Waals surface area contributed by atoms with Gasteiger partial charge in [-0.25, -0.2) is 9.52 Å². The van der Waals surface area contributed by atoms with Crippen LogP contribution in [0.15, 0.2) is 5.16 Å². The minimum absolute atomic E-state index is 0.340. The third kappa shape index (κ3) is 6.58. The van der Waals surface area contributed by atoms with Gasteiger partial charge in [-0.2, -0.15) is 13.1 Å². The molecule has 0 aliphatic heterocycles. The summed E-state index contributed by atoms with van der Waals surface area (Å²) >= 11 is 0. The Kier molecular flexibility index (Phi) is 5.68. The fourth-order valence-electron chi connectivity index (χ4n) is 0.757. The van der Waals surface area contributed by atoms with E-state index in [2.05, 4.69) is 9.89 Å². The molecule has 0 aromatic carbocycles. The summed E-state index contributed by atoms with van der Waals surface area (Å²) in [6, 6.07) is -0.968. The van der Waals surface area contributed by atoms with Crippen LogP contribution in [0.3, 0.4) is 0 Å². The van der Waals surface area contributed by atoms with Gasteiger partial charge in [0.2, 0.25) is 0 Å². The second kappa shape index (κ2) is 6.25. The molecule has 9 nitrogen and oxygen atoms in total. The first-order valence-corrected chi connectivity index (χ1v) is 6.14. The molecule has 0 rings (SSSR count). The number of carbonyl (C=O) groups excluding carboxylic acids is 1. The van der Waals surface area contributed by atoms with Crippen molar-refractivity contribution in [2.75, 3.05) is 0 Å². The first-order valence-electron chi connectivity index (χ1n) is 4.66. The Balaban J connectivity index is 4.45. The quantitative estimate of drug-likeness (QED) is 0.220. The van der Waals surface area contributed by atoms with Crippen LogP contribution in [0, 0.1) is 0 Å². The number of amides is 1. The predicted molar refractivity (Wildman–Crippen MR) is 59.7 cm³/mol. The lowest BCUT2D eigenvalue weighted by atomic mass is 10.3. The summed E-state index contributed by atoms with van der Waals surface area (Å²) in [6.07, 6.45) is -1.56. The topological polar surface area (TPSA) is 143 Å². The first kappa shape index (κ1) is 15.4. The van der Waals surface area contributed by atoms with E-state index in [4.69, 9.17) is 10.9 Å². The van der Waals surface area contributed by atoms with E-state index in [1.54, 1.807) is 18.6 Å². The molecule has 10 heteroatoms. The Hall–Kier alpha value is -1.55. The van der Waals surface area contributed by atoms with Gasteiger partial charge in [-0.05, 0) is 20.8 Å². The van der Waals surface area contributed by atoms with Gasteiger partial charge in [0.15, 0.2) is 5.84 Å². The largest absolute Gasteiger partial charge is 0.446 e. The maximum atomic E-state index is 11.3. The third-order valence-electron chi connectivity index (χ3n) is 1.45. The predicted octanol–water partition coefficient (Wildman–Crippen LogP) is -0.910. The lowest BCUT2D eigenvalue weighted by molar-refractivity contribution is 0.121. The Morgan fingerprint density at radius 3 is 2.35 bits per heavy atom. The van der Waals surface area contributed by atoms with Crippen LogP contribution < -0.4 is 15.2 Å². The molecule has 0 heterocycles. The van der Waals surface area contributed by atoms with Crippen molar-refractivity contribution in [3.8, 4) is 0 Å². The van der Waals surface area contributed by atoms with Crippen LogP contribution in [0.5, 0.6) is 0 Å². The molecular formula is C7H16N4O5S. The van der Waals surface area contributed by atoms with Crippen LogP contribution in [0.1, 0.15) is 20.8 Å². The van der Waals surface area contributed by atoms with E-state index in [0.29, 0.717) is 0 Å². The van der Waals surface area contributed by atoms with Gasteiger partial charge >= 0.3 is 16.3 Å². The van der Waals surface area contributed by atoms with Crippen molar-refractivity contribution in [2.24, 2.45) is 10.9 Å². The van der Waals surface area contributed by atoms with Crippen molar-refractivity contribution >= 4 is 22.1 Å². The number of oxime groups is 1. The number of nitrogens with zero attached hydrogens (tertiary/aromatic N) is 1. The summed E-state index contributed by atoms with van der Waals surface area (Å²) in [5.41, 5.74) is 5.16. The normalized spacial score (nSPS) is 14.5. The molecule has 0 radical (unpaired) electrons. The number of nitrogens with two attached hydrogens (primary N) is 1.